The minimum Gasteiger partial charge on any atom is -0.467 e. The zero-order valence-corrected chi connectivity index (χ0v) is 18.6. The Kier molecular flexibility index (Phi) is 5.78. The van der Waals surface area contributed by atoms with E-state index in [9.17, 15) is 9.18 Å². The van der Waals surface area contributed by atoms with Crippen LogP contribution < -0.4 is 0 Å². The number of nitrogens with one attached hydrogen (secondary N) is 1. The van der Waals surface area contributed by atoms with Crippen LogP contribution in [0.3, 0.4) is 0 Å². The quantitative estimate of drug-likeness (QED) is 0.409. The molecule has 1 unspecified atom stereocenters. The average Bonchev–Trinajstić information content (AvgIpc) is 3.59. The van der Waals surface area contributed by atoms with Crippen molar-refractivity contribution in [3.8, 4) is 11.4 Å². The van der Waals surface area contributed by atoms with Gasteiger partial charge in [0, 0.05) is 6.42 Å². The van der Waals surface area contributed by atoms with Gasteiger partial charge in [0.2, 0.25) is 5.16 Å². The van der Waals surface area contributed by atoms with Crippen molar-refractivity contribution in [1.29, 1.82) is 0 Å². The van der Waals surface area contributed by atoms with Crippen LogP contribution in [0.25, 0.3) is 11.4 Å². The summed E-state index contributed by atoms with van der Waals surface area (Å²) in [5.74, 6) is 0.492. The second-order valence-electron chi connectivity index (χ2n) is 7.62. The molecule has 9 heteroatoms. The lowest BCUT2D eigenvalue weighted by atomic mass is 10.0. The number of aromatic nitrogens is 3. The number of halogens is 1. The van der Waals surface area contributed by atoms with Gasteiger partial charge in [-0.05, 0) is 36.8 Å². The van der Waals surface area contributed by atoms with Gasteiger partial charge in [-0.2, -0.15) is 5.10 Å². The summed E-state index contributed by atoms with van der Waals surface area (Å²) in [5.41, 5.74) is 3.29. The molecule has 0 fully saturated rings. The van der Waals surface area contributed by atoms with Crippen molar-refractivity contribution >= 4 is 23.4 Å². The Labute approximate surface area is 193 Å². The first-order valence-electron chi connectivity index (χ1n) is 10.4. The third-order valence-corrected chi connectivity index (χ3v) is 6.17. The monoisotopic (exact) mass is 461 g/mol. The molecular formula is C24H20FN5O2S. The van der Waals surface area contributed by atoms with Gasteiger partial charge in [-0.15, -0.1) is 5.10 Å². The number of furan rings is 1. The number of amides is 1. The van der Waals surface area contributed by atoms with Crippen LogP contribution in [0.4, 0.5) is 4.39 Å². The smallest absolute Gasteiger partial charge is 0.253 e. The summed E-state index contributed by atoms with van der Waals surface area (Å²) in [6, 6.07) is 17.7. The standard InChI is InChI=1S/C24H20FN5O2S/c1-15-8-10-16(11-9-15)19-13-20(21-7-4-12-32-21)30(29-19)22(31)14-33-24-26-23(27-28-24)17-5-2-3-6-18(17)25/h2-12,20H,13-14H2,1H3,(H,26,27,28). The van der Waals surface area contributed by atoms with Gasteiger partial charge >= 0.3 is 0 Å². The number of carbonyl (C=O) groups is 1. The van der Waals surface area contributed by atoms with Crippen LogP contribution in [-0.4, -0.2) is 37.6 Å². The van der Waals surface area contributed by atoms with E-state index >= 15 is 0 Å². The molecule has 0 saturated heterocycles. The Balaban J connectivity index is 1.32. The van der Waals surface area contributed by atoms with E-state index in [1.807, 2.05) is 37.3 Å². The summed E-state index contributed by atoms with van der Waals surface area (Å²) in [7, 11) is 0. The number of hydrogen-bond acceptors (Lipinski definition) is 6. The number of nitrogens with zero attached hydrogens (tertiary/aromatic N) is 4. The number of hydrogen-bond donors (Lipinski definition) is 1. The largest absolute Gasteiger partial charge is 0.467 e. The van der Waals surface area contributed by atoms with Gasteiger partial charge in [-0.25, -0.2) is 14.4 Å². The van der Waals surface area contributed by atoms with E-state index in [1.165, 1.54) is 22.8 Å². The molecule has 4 aromatic rings. The number of H-pyrrole nitrogens is 1. The summed E-state index contributed by atoms with van der Waals surface area (Å²) in [6.07, 6.45) is 2.15. The number of thioether (sulfide) groups is 1. The molecule has 0 spiro atoms. The lowest BCUT2D eigenvalue weighted by molar-refractivity contribution is -0.130. The maximum Gasteiger partial charge on any atom is 0.253 e. The van der Waals surface area contributed by atoms with Crippen molar-refractivity contribution in [2.24, 2.45) is 5.10 Å². The maximum absolute atomic E-state index is 14.0. The van der Waals surface area contributed by atoms with Crippen LogP contribution in [0.2, 0.25) is 0 Å². The van der Waals surface area contributed by atoms with E-state index in [0.717, 1.165) is 16.8 Å². The Bertz CT molecular complexity index is 1300. The zero-order valence-electron chi connectivity index (χ0n) is 17.7. The molecule has 1 N–H and O–H groups in total. The third kappa shape index (κ3) is 4.45. The second kappa shape index (κ2) is 9.03. The molecule has 33 heavy (non-hydrogen) atoms. The Morgan fingerprint density at radius 1 is 1.18 bits per heavy atom. The van der Waals surface area contributed by atoms with Crippen molar-refractivity contribution in [2.45, 2.75) is 24.5 Å². The van der Waals surface area contributed by atoms with Gasteiger partial charge in [-0.3, -0.25) is 9.89 Å². The molecule has 0 saturated carbocycles. The molecular weight excluding hydrogens is 441 g/mol. The number of hydrazone groups is 1. The fourth-order valence-corrected chi connectivity index (χ4v) is 4.29. The lowest BCUT2D eigenvalue weighted by Gasteiger charge is -2.19. The topological polar surface area (TPSA) is 87.4 Å². The molecule has 2 aromatic carbocycles. The van der Waals surface area contributed by atoms with E-state index in [4.69, 9.17) is 4.42 Å². The molecule has 0 radical (unpaired) electrons. The van der Waals surface area contributed by atoms with Gasteiger partial charge < -0.3 is 4.42 Å². The van der Waals surface area contributed by atoms with Crippen LogP contribution >= 0.6 is 11.8 Å². The molecule has 3 heterocycles. The zero-order chi connectivity index (χ0) is 22.8. The number of benzene rings is 2. The molecule has 1 aliphatic rings. The molecule has 1 amide bonds. The minimum atomic E-state index is -0.391. The fourth-order valence-electron chi connectivity index (χ4n) is 3.64. The maximum atomic E-state index is 14.0. The molecule has 0 aliphatic carbocycles. The van der Waals surface area contributed by atoms with E-state index in [0.29, 0.717) is 28.7 Å². The van der Waals surface area contributed by atoms with Crippen molar-refractivity contribution in [3.05, 3.63) is 89.6 Å². The summed E-state index contributed by atoms with van der Waals surface area (Å²) < 4.78 is 19.6. The summed E-state index contributed by atoms with van der Waals surface area (Å²) in [5, 5.41) is 13.3. The van der Waals surface area contributed by atoms with Gasteiger partial charge in [0.1, 0.15) is 17.6 Å². The fraction of sp³-hybridized carbons (Fsp3) is 0.167. The number of aromatic amines is 1. The number of aryl methyl sites for hydroxylation is 1. The molecule has 0 bridgehead atoms. The highest BCUT2D eigenvalue weighted by Crippen LogP contribution is 2.34. The van der Waals surface area contributed by atoms with Crippen LogP contribution in [-0.2, 0) is 4.79 Å². The number of carbonyl (C=O) groups excluding carboxylic acids is 1. The molecule has 1 atom stereocenters. The van der Waals surface area contributed by atoms with E-state index < -0.39 is 5.82 Å². The predicted octanol–water partition coefficient (Wildman–Crippen LogP) is 4.98. The Morgan fingerprint density at radius 3 is 2.76 bits per heavy atom. The van der Waals surface area contributed by atoms with Gasteiger partial charge in [-0.1, -0.05) is 53.7 Å². The third-order valence-electron chi connectivity index (χ3n) is 5.34. The SMILES string of the molecule is Cc1ccc(C2=NN(C(=O)CSc3n[nH]c(-c4ccccc4F)n3)C(c3ccco3)C2)cc1. The first-order chi connectivity index (χ1) is 16.1. The normalized spacial score (nSPS) is 15.6. The molecule has 1 aliphatic heterocycles. The first-order valence-corrected chi connectivity index (χ1v) is 11.4. The Morgan fingerprint density at radius 2 is 2.00 bits per heavy atom. The van der Waals surface area contributed by atoms with Crippen molar-refractivity contribution < 1.29 is 13.6 Å². The average molecular weight is 462 g/mol. The highest BCUT2D eigenvalue weighted by molar-refractivity contribution is 7.99. The predicted molar refractivity (Wildman–Crippen MR) is 123 cm³/mol. The summed E-state index contributed by atoms with van der Waals surface area (Å²) in [6.45, 7) is 2.03. The Hall–Kier alpha value is -3.72. The van der Waals surface area contributed by atoms with Gasteiger partial charge in [0.25, 0.3) is 5.91 Å². The summed E-state index contributed by atoms with van der Waals surface area (Å²) in [4.78, 5) is 17.4. The van der Waals surface area contributed by atoms with Gasteiger partial charge in [0.05, 0.1) is 23.3 Å². The molecule has 5 rings (SSSR count). The van der Waals surface area contributed by atoms with Gasteiger partial charge in [0.15, 0.2) is 5.82 Å². The second-order valence-corrected chi connectivity index (χ2v) is 8.56. The van der Waals surface area contributed by atoms with Crippen molar-refractivity contribution in [2.75, 3.05) is 5.75 Å². The van der Waals surface area contributed by atoms with Crippen molar-refractivity contribution in [1.82, 2.24) is 20.2 Å². The van der Waals surface area contributed by atoms with Crippen LogP contribution in [0.5, 0.6) is 0 Å². The van der Waals surface area contributed by atoms with E-state index in [2.05, 4.69) is 20.3 Å². The van der Waals surface area contributed by atoms with Crippen LogP contribution in [0.15, 0.2) is 81.6 Å². The molecule has 7 nitrogen and oxygen atoms in total. The highest BCUT2D eigenvalue weighted by Gasteiger charge is 2.34. The van der Waals surface area contributed by atoms with E-state index in [-0.39, 0.29) is 17.7 Å². The lowest BCUT2D eigenvalue weighted by Crippen LogP contribution is -2.28. The molecule has 166 valence electrons. The first kappa shape index (κ1) is 21.1. The van der Waals surface area contributed by atoms with Crippen molar-refractivity contribution in [3.63, 3.8) is 0 Å². The highest BCUT2D eigenvalue weighted by atomic mass is 32.2. The van der Waals surface area contributed by atoms with Crippen LogP contribution in [0.1, 0.15) is 29.3 Å². The van der Waals surface area contributed by atoms with Crippen LogP contribution in [0, 0.1) is 12.7 Å². The molecule has 2 aromatic heterocycles. The minimum absolute atomic E-state index is 0.0798. The summed E-state index contributed by atoms with van der Waals surface area (Å²) >= 11 is 1.17. The number of rotatable bonds is 6. The van der Waals surface area contributed by atoms with E-state index in [1.54, 1.807) is 30.5 Å².